The lowest BCUT2D eigenvalue weighted by Crippen LogP contribution is -2.49. The van der Waals surface area contributed by atoms with Gasteiger partial charge in [0, 0.05) is 18.3 Å². The maximum Gasteiger partial charge on any atom is 0.330 e. The van der Waals surface area contributed by atoms with Crippen molar-refractivity contribution >= 4 is 17.7 Å². The molecule has 31 heavy (non-hydrogen) atoms. The number of esters is 1. The molecule has 1 atom stereocenters. The third-order valence-electron chi connectivity index (χ3n) is 6.19. The van der Waals surface area contributed by atoms with Crippen LogP contribution in [0.1, 0.15) is 34.7 Å². The van der Waals surface area contributed by atoms with Crippen molar-refractivity contribution in [2.24, 2.45) is 0 Å². The molecule has 0 saturated carbocycles. The molecule has 1 heterocycles. The number of phenolic OH excluding ortho intramolecular Hbond substituents is 1. The molecule has 0 radical (unpaired) electrons. The number of carbonyl (C=O) groups excluding carboxylic acids is 1. The largest absolute Gasteiger partial charge is 0.508 e. The van der Waals surface area contributed by atoms with Gasteiger partial charge in [0.2, 0.25) is 0 Å². The SMILES string of the molecule is COC(=O)/C=C/c1ccc(C2(C)c3ccc(O)cc3CCN2c2ccc(C)cc2)cc1. The highest BCUT2D eigenvalue weighted by Crippen LogP contribution is 2.44. The van der Waals surface area contributed by atoms with E-state index >= 15 is 0 Å². The number of ether oxygens (including phenoxy) is 1. The van der Waals surface area contributed by atoms with Crippen LogP contribution in [0.15, 0.2) is 72.8 Å². The van der Waals surface area contributed by atoms with E-state index in [9.17, 15) is 9.90 Å². The molecule has 3 aromatic carbocycles. The first-order valence-corrected chi connectivity index (χ1v) is 10.4. The lowest BCUT2D eigenvalue weighted by Gasteiger charge is -2.48. The number of hydrogen-bond acceptors (Lipinski definition) is 4. The van der Waals surface area contributed by atoms with E-state index in [1.807, 2.05) is 24.3 Å². The van der Waals surface area contributed by atoms with Crippen LogP contribution in [0.4, 0.5) is 5.69 Å². The van der Waals surface area contributed by atoms with Crippen molar-refractivity contribution in [3.8, 4) is 5.75 Å². The maximum absolute atomic E-state index is 11.4. The molecule has 4 nitrogen and oxygen atoms in total. The molecule has 0 fully saturated rings. The summed E-state index contributed by atoms with van der Waals surface area (Å²) in [5, 5.41) is 10.0. The highest BCUT2D eigenvalue weighted by Gasteiger charge is 2.40. The first kappa shape index (κ1) is 20.7. The Morgan fingerprint density at radius 1 is 1.06 bits per heavy atom. The zero-order valence-electron chi connectivity index (χ0n) is 18.1. The minimum absolute atomic E-state index is 0.299. The number of hydrogen-bond donors (Lipinski definition) is 1. The quantitative estimate of drug-likeness (QED) is 0.471. The molecule has 0 amide bonds. The summed E-state index contributed by atoms with van der Waals surface area (Å²) < 4.78 is 4.67. The third kappa shape index (κ3) is 3.93. The number of fused-ring (bicyclic) bond motifs is 1. The smallest absolute Gasteiger partial charge is 0.330 e. The number of carbonyl (C=O) groups is 1. The molecule has 1 N–H and O–H groups in total. The van der Waals surface area contributed by atoms with Crippen molar-refractivity contribution in [2.75, 3.05) is 18.6 Å². The third-order valence-corrected chi connectivity index (χ3v) is 6.19. The normalized spacial score (nSPS) is 18.1. The first-order valence-electron chi connectivity index (χ1n) is 10.4. The van der Waals surface area contributed by atoms with Crippen molar-refractivity contribution in [3.63, 3.8) is 0 Å². The summed E-state index contributed by atoms with van der Waals surface area (Å²) >= 11 is 0. The van der Waals surface area contributed by atoms with Crippen LogP contribution in [0, 0.1) is 6.92 Å². The topological polar surface area (TPSA) is 49.8 Å². The number of aromatic hydroxyl groups is 1. The Morgan fingerprint density at radius 3 is 2.45 bits per heavy atom. The second-order valence-electron chi connectivity index (χ2n) is 8.13. The van der Waals surface area contributed by atoms with E-state index in [0.717, 1.165) is 24.1 Å². The van der Waals surface area contributed by atoms with E-state index in [2.05, 4.69) is 59.9 Å². The summed E-state index contributed by atoms with van der Waals surface area (Å²) in [6.45, 7) is 5.18. The molecule has 1 unspecified atom stereocenters. The average molecular weight is 414 g/mol. The van der Waals surface area contributed by atoms with Crippen molar-refractivity contribution in [3.05, 3.63) is 101 Å². The van der Waals surface area contributed by atoms with Crippen molar-refractivity contribution in [2.45, 2.75) is 25.8 Å². The number of rotatable bonds is 4. The number of phenols is 1. The molecule has 3 aromatic rings. The Hall–Kier alpha value is -3.53. The van der Waals surface area contributed by atoms with Gasteiger partial charge in [0.15, 0.2) is 0 Å². The van der Waals surface area contributed by atoms with Crippen LogP contribution in [-0.2, 0) is 21.5 Å². The van der Waals surface area contributed by atoms with Gasteiger partial charge >= 0.3 is 5.97 Å². The van der Waals surface area contributed by atoms with Gasteiger partial charge in [-0.2, -0.15) is 0 Å². The van der Waals surface area contributed by atoms with Crippen molar-refractivity contribution in [1.82, 2.24) is 0 Å². The molecule has 0 aromatic heterocycles. The zero-order valence-corrected chi connectivity index (χ0v) is 18.1. The molecule has 4 rings (SSSR count). The summed E-state index contributed by atoms with van der Waals surface area (Å²) in [6, 6.07) is 22.6. The van der Waals surface area contributed by atoms with Gasteiger partial charge in [0.1, 0.15) is 5.75 Å². The van der Waals surface area contributed by atoms with Gasteiger partial charge in [-0.1, -0.05) is 48.0 Å². The highest BCUT2D eigenvalue weighted by atomic mass is 16.5. The van der Waals surface area contributed by atoms with E-state index in [-0.39, 0.29) is 5.97 Å². The second-order valence-corrected chi connectivity index (χ2v) is 8.13. The lowest BCUT2D eigenvalue weighted by molar-refractivity contribution is -0.134. The van der Waals surface area contributed by atoms with Gasteiger partial charge in [-0.25, -0.2) is 4.79 Å². The number of anilines is 1. The second kappa shape index (κ2) is 8.31. The van der Waals surface area contributed by atoms with Gasteiger partial charge in [-0.05, 0) is 72.9 Å². The molecule has 0 bridgehead atoms. The van der Waals surface area contributed by atoms with Crippen LogP contribution in [-0.4, -0.2) is 24.7 Å². The average Bonchev–Trinajstić information content (AvgIpc) is 2.78. The fraction of sp³-hybridized carbons (Fsp3) is 0.222. The maximum atomic E-state index is 11.4. The van der Waals surface area contributed by atoms with E-state index in [4.69, 9.17) is 0 Å². The molecule has 0 spiro atoms. The van der Waals surface area contributed by atoms with Gasteiger partial charge in [-0.3, -0.25) is 0 Å². The molecule has 0 saturated heterocycles. The summed E-state index contributed by atoms with van der Waals surface area (Å²) in [6.07, 6.45) is 4.05. The number of nitrogens with zero attached hydrogens (tertiary/aromatic N) is 1. The van der Waals surface area contributed by atoms with Crippen LogP contribution in [0.5, 0.6) is 5.75 Å². The van der Waals surface area contributed by atoms with E-state index in [1.165, 1.54) is 35.6 Å². The molecule has 158 valence electrons. The predicted octanol–water partition coefficient (Wildman–Crippen LogP) is 5.21. The van der Waals surface area contributed by atoms with Crippen LogP contribution >= 0.6 is 0 Å². The van der Waals surface area contributed by atoms with Crippen molar-refractivity contribution in [1.29, 1.82) is 0 Å². The summed E-state index contributed by atoms with van der Waals surface area (Å²) in [5.74, 6) is -0.0734. The Morgan fingerprint density at radius 2 is 1.77 bits per heavy atom. The number of methoxy groups -OCH3 is 1. The molecule has 1 aliphatic rings. The number of aryl methyl sites for hydroxylation is 1. The van der Waals surface area contributed by atoms with E-state index < -0.39 is 5.54 Å². The van der Waals surface area contributed by atoms with Gasteiger partial charge in [0.05, 0.1) is 12.6 Å². The van der Waals surface area contributed by atoms with Crippen molar-refractivity contribution < 1.29 is 14.6 Å². The molecular formula is C27H27NO3. The van der Waals surface area contributed by atoms with Gasteiger partial charge in [-0.15, -0.1) is 0 Å². The van der Waals surface area contributed by atoms with Gasteiger partial charge in [0.25, 0.3) is 0 Å². The van der Waals surface area contributed by atoms with Crippen LogP contribution in [0.2, 0.25) is 0 Å². The first-order chi connectivity index (χ1) is 14.9. The number of benzene rings is 3. The molecule has 0 aliphatic carbocycles. The molecule has 1 aliphatic heterocycles. The standard InChI is InChI=1S/C27H27NO3/c1-19-4-11-23(12-5-19)28-17-16-21-18-24(29)13-14-25(21)27(28,2)22-9-6-20(7-10-22)8-15-26(30)31-3/h4-15,18,29H,16-17H2,1-3H3/b15-8+. The molecule has 4 heteroatoms. The highest BCUT2D eigenvalue weighted by molar-refractivity contribution is 5.86. The zero-order chi connectivity index (χ0) is 22.0. The summed E-state index contributed by atoms with van der Waals surface area (Å²) in [4.78, 5) is 13.8. The Balaban J connectivity index is 1.80. The fourth-order valence-corrected chi connectivity index (χ4v) is 4.44. The lowest BCUT2D eigenvalue weighted by atomic mass is 9.76. The Labute approximate surface area is 183 Å². The van der Waals surface area contributed by atoms with Gasteiger partial charge < -0.3 is 14.7 Å². The predicted molar refractivity (Wildman–Crippen MR) is 124 cm³/mol. The fourth-order valence-electron chi connectivity index (χ4n) is 4.44. The summed E-state index contributed by atoms with van der Waals surface area (Å²) in [5.41, 5.74) is 6.43. The van der Waals surface area contributed by atoms with E-state index in [0.29, 0.717) is 5.75 Å². The van der Waals surface area contributed by atoms with Crippen LogP contribution in [0.25, 0.3) is 6.08 Å². The van der Waals surface area contributed by atoms with E-state index in [1.54, 1.807) is 12.1 Å². The monoisotopic (exact) mass is 413 g/mol. The summed E-state index contributed by atoms with van der Waals surface area (Å²) in [7, 11) is 1.37. The molecular weight excluding hydrogens is 386 g/mol. The minimum Gasteiger partial charge on any atom is -0.508 e. The van der Waals surface area contributed by atoms with Crippen LogP contribution in [0.3, 0.4) is 0 Å². The Bertz CT molecular complexity index is 1120. The Kier molecular flexibility index (Phi) is 5.55. The minimum atomic E-state index is -0.402. The van der Waals surface area contributed by atoms with Crippen LogP contribution < -0.4 is 4.90 Å².